The summed E-state index contributed by atoms with van der Waals surface area (Å²) in [5.41, 5.74) is 0.245. The monoisotopic (exact) mass is 310 g/mol. The van der Waals surface area contributed by atoms with Crippen LogP contribution in [0, 0.1) is 5.41 Å². The zero-order valence-corrected chi connectivity index (χ0v) is 11.4. The molecule has 2 aliphatic heterocycles. The topological polar surface area (TPSA) is 18.5 Å². The van der Waals surface area contributed by atoms with Crippen molar-refractivity contribution < 1.29 is 9.47 Å². The first-order chi connectivity index (χ1) is 6.43. The van der Waals surface area contributed by atoms with Gasteiger partial charge in [0.25, 0.3) is 0 Å². The van der Waals surface area contributed by atoms with Crippen LogP contribution in [-0.2, 0) is 9.47 Å². The minimum absolute atomic E-state index is 0.00702. The largest absolute Gasteiger partial charge is 0.378 e. The van der Waals surface area contributed by atoms with Crippen LogP contribution < -0.4 is 0 Å². The number of ether oxygens (including phenoxy) is 2. The third-order valence-corrected chi connectivity index (χ3v) is 5.43. The average molecular weight is 310 g/mol. The molecule has 2 unspecified atom stereocenters. The van der Waals surface area contributed by atoms with Crippen molar-refractivity contribution in [3.63, 3.8) is 0 Å². The molecule has 0 aliphatic carbocycles. The third kappa shape index (κ3) is 1.52. The Balaban J connectivity index is 2.20. The molecule has 1 spiro atoms. The summed E-state index contributed by atoms with van der Waals surface area (Å²) in [6, 6.07) is 0. The van der Waals surface area contributed by atoms with Crippen LogP contribution >= 0.6 is 22.6 Å². The maximum atomic E-state index is 6.33. The second-order valence-corrected chi connectivity index (χ2v) is 6.32. The van der Waals surface area contributed by atoms with E-state index in [0.29, 0.717) is 0 Å². The quantitative estimate of drug-likeness (QED) is 0.548. The van der Waals surface area contributed by atoms with Gasteiger partial charge in [0.2, 0.25) is 0 Å². The van der Waals surface area contributed by atoms with Crippen LogP contribution in [0.2, 0.25) is 0 Å². The van der Waals surface area contributed by atoms with Crippen molar-refractivity contribution in [2.24, 2.45) is 5.41 Å². The third-order valence-electron chi connectivity index (χ3n) is 3.81. The number of hydrogen-bond acceptors (Lipinski definition) is 2. The van der Waals surface area contributed by atoms with Gasteiger partial charge in [0.15, 0.2) is 0 Å². The Morgan fingerprint density at radius 3 is 2.29 bits per heavy atom. The molecule has 2 atom stereocenters. The molecule has 3 heteroatoms. The normalized spacial score (nSPS) is 46.3. The minimum Gasteiger partial charge on any atom is -0.378 e. The van der Waals surface area contributed by atoms with Gasteiger partial charge in [-0.25, -0.2) is 0 Å². The van der Waals surface area contributed by atoms with Crippen LogP contribution in [-0.4, -0.2) is 28.8 Å². The van der Waals surface area contributed by atoms with Gasteiger partial charge >= 0.3 is 0 Å². The van der Waals surface area contributed by atoms with Gasteiger partial charge in [-0.2, -0.15) is 0 Å². The van der Waals surface area contributed by atoms with Crippen molar-refractivity contribution in [1.82, 2.24) is 0 Å². The molecule has 0 aromatic heterocycles. The summed E-state index contributed by atoms with van der Waals surface area (Å²) in [4.78, 5) is 0. The lowest BCUT2D eigenvalue weighted by molar-refractivity contribution is -0.121. The number of rotatable bonds is 1. The van der Waals surface area contributed by atoms with Crippen LogP contribution in [0.3, 0.4) is 0 Å². The maximum absolute atomic E-state index is 6.33. The van der Waals surface area contributed by atoms with Gasteiger partial charge in [0.1, 0.15) is 0 Å². The second-order valence-electron chi connectivity index (χ2n) is 5.56. The predicted molar refractivity (Wildman–Crippen MR) is 64.9 cm³/mol. The molecular formula is C11H19IO2. The highest BCUT2D eigenvalue weighted by atomic mass is 127. The van der Waals surface area contributed by atoms with Crippen molar-refractivity contribution in [3.8, 4) is 0 Å². The van der Waals surface area contributed by atoms with Crippen molar-refractivity contribution in [1.29, 1.82) is 0 Å². The number of alkyl halides is 1. The van der Waals surface area contributed by atoms with E-state index < -0.39 is 0 Å². The molecule has 2 nitrogen and oxygen atoms in total. The highest BCUT2D eigenvalue weighted by Gasteiger charge is 2.57. The van der Waals surface area contributed by atoms with Crippen LogP contribution in [0.1, 0.15) is 33.6 Å². The van der Waals surface area contributed by atoms with E-state index in [4.69, 9.17) is 9.47 Å². The summed E-state index contributed by atoms with van der Waals surface area (Å²) in [6.07, 6.45) is 2.32. The van der Waals surface area contributed by atoms with Crippen LogP contribution in [0.5, 0.6) is 0 Å². The molecule has 0 radical (unpaired) electrons. The fourth-order valence-electron chi connectivity index (χ4n) is 2.51. The Morgan fingerprint density at radius 2 is 1.86 bits per heavy atom. The molecule has 2 saturated heterocycles. The van der Waals surface area contributed by atoms with E-state index >= 15 is 0 Å². The molecule has 0 aromatic rings. The van der Waals surface area contributed by atoms with E-state index in [1.807, 2.05) is 0 Å². The molecule has 82 valence electrons. The molecule has 2 fully saturated rings. The SMILES string of the molecule is CC1(CI)CCC2(COCC2(C)C)O1. The summed E-state index contributed by atoms with van der Waals surface area (Å²) >= 11 is 2.42. The van der Waals surface area contributed by atoms with E-state index in [1.54, 1.807) is 0 Å². The van der Waals surface area contributed by atoms with E-state index in [2.05, 4.69) is 43.4 Å². The Kier molecular flexibility index (Phi) is 2.64. The lowest BCUT2D eigenvalue weighted by Crippen LogP contribution is -2.45. The highest BCUT2D eigenvalue weighted by molar-refractivity contribution is 14.1. The number of hydrogen-bond donors (Lipinski definition) is 0. The van der Waals surface area contributed by atoms with Gasteiger partial charge in [-0.05, 0) is 19.8 Å². The van der Waals surface area contributed by atoms with Gasteiger partial charge < -0.3 is 9.47 Å². The first kappa shape index (κ1) is 11.1. The standard InChI is InChI=1S/C11H19IO2/c1-9(2)7-13-8-11(9)5-4-10(3,6-12)14-11/h4-8H2,1-3H3. The van der Waals surface area contributed by atoms with E-state index in [-0.39, 0.29) is 16.6 Å². The summed E-state index contributed by atoms with van der Waals surface area (Å²) < 4.78 is 13.0. The van der Waals surface area contributed by atoms with E-state index in [0.717, 1.165) is 24.1 Å². The van der Waals surface area contributed by atoms with E-state index in [1.165, 1.54) is 6.42 Å². The summed E-state index contributed by atoms with van der Waals surface area (Å²) in [5, 5.41) is 0. The molecular weight excluding hydrogens is 291 g/mol. The van der Waals surface area contributed by atoms with Crippen LogP contribution in [0.4, 0.5) is 0 Å². The zero-order valence-electron chi connectivity index (χ0n) is 9.23. The lowest BCUT2D eigenvalue weighted by atomic mass is 9.76. The van der Waals surface area contributed by atoms with Crippen molar-refractivity contribution in [3.05, 3.63) is 0 Å². The Morgan fingerprint density at radius 1 is 1.14 bits per heavy atom. The molecule has 2 rings (SSSR count). The fraction of sp³-hybridized carbons (Fsp3) is 1.00. The number of halogens is 1. The van der Waals surface area contributed by atoms with Gasteiger partial charge in [0, 0.05) is 9.84 Å². The van der Waals surface area contributed by atoms with E-state index in [9.17, 15) is 0 Å². The molecule has 2 heterocycles. The molecule has 14 heavy (non-hydrogen) atoms. The van der Waals surface area contributed by atoms with Gasteiger partial charge in [0.05, 0.1) is 24.4 Å². The average Bonchev–Trinajstić information content (AvgIpc) is 2.58. The van der Waals surface area contributed by atoms with Gasteiger partial charge in [-0.15, -0.1) is 0 Å². The first-order valence-electron chi connectivity index (χ1n) is 5.27. The first-order valence-corrected chi connectivity index (χ1v) is 6.80. The molecule has 0 bridgehead atoms. The zero-order chi connectivity index (χ0) is 10.4. The van der Waals surface area contributed by atoms with Crippen LogP contribution in [0.15, 0.2) is 0 Å². The molecule has 2 aliphatic rings. The minimum atomic E-state index is -0.00702. The van der Waals surface area contributed by atoms with Gasteiger partial charge in [-0.1, -0.05) is 36.4 Å². The molecule has 0 N–H and O–H groups in total. The van der Waals surface area contributed by atoms with Crippen LogP contribution in [0.25, 0.3) is 0 Å². The highest BCUT2D eigenvalue weighted by Crippen LogP contribution is 2.51. The summed E-state index contributed by atoms with van der Waals surface area (Å²) in [5.74, 6) is 0. The second kappa shape index (κ2) is 3.32. The van der Waals surface area contributed by atoms with Gasteiger partial charge in [-0.3, -0.25) is 0 Å². The predicted octanol–water partition coefficient (Wildman–Crippen LogP) is 2.79. The summed E-state index contributed by atoms with van der Waals surface area (Å²) in [6.45, 7) is 8.37. The van der Waals surface area contributed by atoms with Crippen molar-refractivity contribution >= 4 is 22.6 Å². The Hall–Kier alpha value is 0.650. The van der Waals surface area contributed by atoms with Crippen molar-refractivity contribution in [2.45, 2.75) is 44.8 Å². The molecule has 0 saturated carbocycles. The summed E-state index contributed by atoms with van der Waals surface area (Å²) in [7, 11) is 0. The molecule has 0 aromatic carbocycles. The smallest absolute Gasteiger partial charge is 0.0996 e. The van der Waals surface area contributed by atoms with Crippen molar-refractivity contribution in [2.75, 3.05) is 17.6 Å². The fourth-order valence-corrected chi connectivity index (χ4v) is 3.05. The Bertz CT molecular complexity index is 241. The Labute approximate surface area is 99.9 Å². The molecule has 0 amide bonds. The lowest BCUT2D eigenvalue weighted by Gasteiger charge is -2.37. The maximum Gasteiger partial charge on any atom is 0.0996 e.